The fraction of sp³-hybridized carbons (Fsp3) is 0.263. The molecule has 0 aromatic heterocycles. The number of nitrogens with zero attached hydrogens (tertiary/aromatic N) is 2. The van der Waals surface area contributed by atoms with Gasteiger partial charge in [-0.1, -0.05) is 6.07 Å². The molecule has 27 heavy (non-hydrogen) atoms. The van der Waals surface area contributed by atoms with Crippen LogP contribution in [-0.2, 0) is 0 Å². The molecule has 1 amide bonds. The van der Waals surface area contributed by atoms with E-state index < -0.39 is 28.6 Å². The Labute approximate surface area is 155 Å². The highest BCUT2D eigenvalue weighted by atomic mass is 16.6. The van der Waals surface area contributed by atoms with Crippen molar-refractivity contribution in [1.29, 1.82) is 5.26 Å². The number of non-ortho nitro benzene ring substituents is 1. The molecule has 2 atom stereocenters. The van der Waals surface area contributed by atoms with Gasteiger partial charge in [-0.15, -0.1) is 0 Å². The largest absolute Gasteiger partial charge is 0.485 e. The van der Waals surface area contributed by atoms with Crippen LogP contribution in [0.25, 0.3) is 0 Å². The Balaban J connectivity index is 1.98. The van der Waals surface area contributed by atoms with Gasteiger partial charge in [0, 0.05) is 23.3 Å². The monoisotopic (exact) mass is 367 g/mol. The predicted octanol–water partition coefficient (Wildman–Crippen LogP) is 2.47. The summed E-state index contributed by atoms with van der Waals surface area (Å²) in [6.07, 6.45) is -1.10. The molecule has 1 aliphatic rings. The van der Waals surface area contributed by atoms with Gasteiger partial charge in [-0.05, 0) is 38.1 Å². The number of nitriles is 1. The normalized spacial score (nSPS) is 19.9. The molecule has 2 N–H and O–H groups in total. The molecule has 2 unspecified atom stereocenters. The zero-order chi connectivity index (χ0) is 19.8. The number of aliphatic hydroxyl groups is 1. The van der Waals surface area contributed by atoms with Gasteiger partial charge < -0.3 is 15.2 Å². The average molecular weight is 367 g/mol. The number of fused-ring (bicyclic) bond motifs is 1. The predicted molar refractivity (Wildman–Crippen MR) is 95.2 cm³/mol. The SMILES string of the molecule is CC1(C)Oc2ccc(C#N)cc2C(NC(=O)c2cccc([N+](=O)[O-])c2)C1O. The second-order valence-electron chi connectivity index (χ2n) is 6.77. The maximum Gasteiger partial charge on any atom is 0.270 e. The lowest BCUT2D eigenvalue weighted by atomic mass is 9.85. The minimum absolute atomic E-state index is 0.0960. The van der Waals surface area contributed by atoms with Crippen LogP contribution in [0.3, 0.4) is 0 Å². The Morgan fingerprint density at radius 1 is 1.33 bits per heavy atom. The molecule has 2 aromatic rings. The van der Waals surface area contributed by atoms with Gasteiger partial charge in [0.05, 0.1) is 22.6 Å². The maximum atomic E-state index is 12.7. The molecule has 0 saturated heterocycles. The van der Waals surface area contributed by atoms with Crippen LogP contribution in [0, 0.1) is 21.4 Å². The molecule has 2 aromatic carbocycles. The van der Waals surface area contributed by atoms with E-state index in [-0.39, 0.29) is 11.3 Å². The van der Waals surface area contributed by atoms with Gasteiger partial charge in [-0.2, -0.15) is 5.26 Å². The van der Waals surface area contributed by atoms with E-state index in [1.165, 1.54) is 24.3 Å². The Morgan fingerprint density at radius 3 is 2.74 bits per heavy atom. The summed E-state index contributed by atoms with van der Waals surface area (Å²) in [5.74, 6) is -0.123. The Kier molecular flexibility index (Phi) is 4.56. The van der Waals surface area contributed by atoms with Crippen molar-refractivity contribution in [2.24, 2.45) is 0 Å². The lowest BCUT2D eigenvalue weighted by Crippen LogP contribution is -2.53. The van der Waals surface area contributed by atoms with Crippen molar-refractivity contribution in [2.75, 3.05) is 0 Å². The quantitative estimate of drug-likeness (QED) is 0.634. The van der Waals surface area contributed by atoms with Crippen LogP contribution in [0.4, 0.5) is 5.69 Å². The van der Waals surface area contributed by atoms with E-state index in [1.54, 1.807) is 32.0 Å². The van der Waals surface area contributed by atoms with E-state index in [2.05, 4.69) is 5.32 Å². The van der Waals surface area contributed by atoms with Crippen molar-refractivity contribution in [1.82, 2.24) is 5.32 Å². The van der Waals surface area contributed by atoms with E-state index in [0.717, 1.165) is 0 Å². The Morgan fingerprint density at radius 2 is 2.07 bits per heavy atom. The van der Waals surface area contributed by atoms with E-state index >= 15 is 0 Å². The van der Waals surface area contributed by atoms with E-state index in [9.17, 15) is 20.0 Å². The molecule has 8 heteroatoms. The van der Waals surface area contributed by atoms with Gasteiger partial charge in [0.1, 0.15) is 17.5 Å². The third-order valence-corrected chi connectivity index (χ3v) is 4.48. The first kappa shape index (κ1) is 18.4. The van der Waals surface area contributed by atoms with Crippen LogP contribution < -0.4 is 10.1 Å². The molecule has 0 saturated carbocycles. The highest BCUT2D eigenvalue weighted by Crippen LogP contribution is 2.40. The average Bonchev–Trinajstić information content (AvgIpc) is 2.64. The molecular formula is C19H17N3O5. The van der Waals surface area contributed by atoms with Gasteiger partial charge in [0.15, 0.2) is 0 Å². The zero-order valence-electron chi connectivity index (χ0n) is 14.7. The first-order valence-corrected chi connectivity index (χ1v) is 8.19. The van der Waals surface area contributed by atoms with Gasteiger partial charge in [-0.3, -0.25) is 14.9 Å². The minimum Gasteiger partial charge on any atom is -0.485 e. The number of carbonyl (C=O) groups excluding carboxylic acids is 1. The molecule has 138 valence electrons. The number of ether oxygens (including phenoxy) is 1. The summed E-state index contributed by atoms with van der Waals surface area (Å²) < 4.78 is 5.80. The van der Waals surface area contributed by atoms with Crippen molar-refractivity contribution < 1.29 is 19.6 Å². The van der Waals surface area contributed by atoms with Crippen molar-refractivity contribution in [3.05, 3.63) is 69.3 Å². The van der Waals surface area contributed by atoms with E-state index in [4.69, 9.17) is 10.00 Å². The van der Waals surface area contributed by atoms with Crippen LogP contribution in [0.2, 0.25) is 0 Å². The molecular weight excluding hydrogens is 350 g/mol. The van der Waals surface area contributed by atoms with Gasteiger partial charge >= 0.3 is 0 Å². The molecule has 1 aliphatic heterocycles. The Bertz CT molecular complexity index is 964. The van der Waals surface area contributed by atoms with Gasteiger partial charge in [0.2, 0.25) is 0 Å². The summed E-state index contributed by atoms with van der Waals surface area (Å²) in [7, 11) is 0. The van der Waals surface area contributed by atoms with Crippen LogP contribution in [0.15, 0.2) is 42.5 Å². The van der Waals surface area contributed by atoms with E-state index in [0.29, 0.717) is 16.9 Å². The molecule has 3 rings (SSSR count). The first-order valence-electron chi connectivity index (χ1n) is 8.19. The molecule has 8 nitrogen and oxygen atoms in total. The number of rotatable bonds is 3. The molecule has 0 radical (unpaired) electrons. The molecule has 0 aliphatic carbocycles. The van der Waals surface area contributed by atoms with Gasteiger partial charge in [0.25, 0.3) is 11.6 Å². The number of nitro benzene ring substituents is 1. The van der Waals surface area contributed by atoms with Crippen molar-refractivity contribution in [2.45, 2.75) is 31.6 Å². The number of carbonyl (C=O) groups is 1. The number of nitrogens with one attached hydrogen (secondary N) is 1. The number of aliphatic hydroxyl groups excluding tert-OH is 1. The highest BCUT2D eigenvalue weighted by molar-refractivity contribution is 5.95. The van der Waals surface area contributed by atoms with Crippen LogP contribution in [0.5, 0.6) is 5.75 Å². The van der Waals surface area contributed by atoms with Crippen molar-refractivity contribution >= 4 is 11.6 Å². The molecule has 0 bridgehead atoms. The van der Waals surface area contributed by atoms with Gasteiger partial charge in [-0.25, -0.2) is 0 Å². The third kappa shape index (κ3) is 3.45. The third-order valence-electron chi connectivity index (χ3n) is 4.48. The standard InChI is InChI=1S/C19H17N3O5/c1-19(2)17(23)16(14-8-11(10-20)6-7-15(14)27-19)21-18(24)12-4-3-5-13(9-12)22(25)26/h3-9,16-17,23H,1-2H3,(H,21,24). The van der Waals surface area contributed by atoms with Crippen molar-refractivity contribution in [3.8, 4) is 11.8 Å². The molecule has 0 fully saturated rings. The van der Waals surface area contributed by atoms with Crippen LogP contribution in [0.1, 0.15) is 41.4 Å². The second kappa shape index (κ2) is 6.70. The van der Waals surface area contributed by atoms with Crippen LogP contribution >= 0.6 is 0 Å². The lowest BCUT2D eigenvalue weighted by Gasteiger charge is -2.42. The second-order valence-corrected chi connectivity index (χ2v) is 6.77. The zero-order valence-corrected chi connectivity index (χ0v) is 14.7. The van der Waals surface area contributed by atoms with E-state index in [1.807, 2.05) is 6.07 Å². The smallest absolute Gasteiger partial charge is 0.270 e. The van der Waals surface area contributed by atoms with Crippen molar-refractivity contribution in [3.63, 3.8) is 0 Å². The summed E-state index contributed by atoms with van der Waals surface area (Å²) in [5, 5.41) is 33.5. The molecule has 1 heterocycles. The topological polar surface area (TPSA) is 125 Å². The highest BCUT2D eigenvalue weighted by Gasteiger charge is 2.43. The summed E-state index contributed by atoms with van der Waals surface area (Å²) >= 11 is 0. The number of amides is 1. The number of hydrogen-bond acceptors (Lipinski definition) is 6. The maximum absolute atomic E-state index is 12.7. The summed E-state index contributed by atoms with van der Waals surface area (Å²) in [6, 6.07) is 11.2. The fourth-order valence-corrected chi connectivity index (χ4v) is 3.01. The number of benzene rings is 2. The molecule has 0 spiro atoms. The lowest BCUT2D eigenvalue weighted by molar-refractivity contribution is -0.384. The summed E-state index contributed by atoms with van der Waals surface area (Å²) in [4.78, 5) is 23.0. The number of nitro groups is 1. The Hall–Kier alpha value is -3.44. The summed E-state index contributed by atoms with van der Waals surface area (Å²) in [5.41, 5.74) is -0.262. The number of hydrogen-bond donors (Lipinski definition) is 2. The first-order chi connectivity index (χ1) is 12.7. The summed E-state index contributed by atoms with van der Waals surface area (Å²) in [6.45, 7) is 3.37. The van der Waals surface area contributed by atoms with Crippen LogP contribution in [-0.4, -0.2) is 27.6 Å². The minimum atomic E-state index is -1.10. The fourth-order valence-electron chi connectivity index (χ4n) is 3.01.